The van der Waals surface area contributed by atoms with Crippen LogP contribution >= 0.6 is 11.6 Å². The normalized spacial score (nSPS) is 13.7. The molecule has 112 valence electrons. The summed E-state index contributed by atoms with van der Waals surface area (Å²) in [5.41, 5.74) is 6.51. The first-order valence-electron chi connectivity index (χ1n) is 6.98. The van der Waals surface area contributed by atoms with Crippen LogP contribution in [0.5, 0.6) is 5.75 Å². The van der Waals surface area contributed by atoms with E-state index in [4.69, 9.17) is 22.1 Å². The molecule has 0 spiro atoms. The average Bonchev–Trinajstić information content (AvgIpc) is 2.44. The predicted octanol–water partition coefficient (Wildman–Crippen LogP) is 3.44. The highest BCUT2D eigenvalue weighted by Gasteiger charge is 2.19. The van der Waals surface area contributed by atoms with Gasteiger partial charge in [-0.1, -0.05) is 38.8 Å². The van der Waals surface area contributed by atoms with Crippen LogP contribution < -0.4 is 15.8 Å². The average molecular weight is 299 g/mol. The first-order valence-corrected chi connectivity index (χ1v) is 7.36. The van der Waals surface area contributed by atoms with Crippen LogP contribution in [0.1, 0.15) is 33.6 Å². The van der Waals surface area contributed by atoms with Crippen molar-refractivity contribution in [2.45, 2.75) is 39.7 Å². The fraction of sp³-hybridized carbons (Fsp3) is 0.533. The van der Waals surface area contributed by atoms with Crippen molar-refractivity contribution in [1.29, 1.82) is 0 Å². The number of hydrogen-bond donors (Lipinski definition) is 2. The third-order valence-corrected chi connectivity index (χ3v) is 3.52. The molecule has 1 amide bonds. The number of hydrogen-bond acceptors (Lipinski definition) is 3. The summed E-state index contributed by atoms with van der Waals surface area (Å²) in [4.78, 5) is 12.0. The number of benzene rings is 1. The molecule has 0 aromatic heterocycles. The Balaban J connectivity index is 2.69. The zero-order valence-electron chi connectivity index (χ0n) is 12.3. The van der Waals surface area contributed by atoms with Crippen LogP contribution in [0, 0.1) is 5.92 Å². The molecule has 1 aromatic rings. The van der Waals surface area contributed by atoms with Crippen LogP contribution in [0.15, 0.2) is 18.2 Å². The molecule has 0 bridgehead atoms. The summed E-state index contributed by atoms with van der Waals surface area (Å²) in [6.45, 7) is 6.61. The third-order valence-electron chi connectivity index (χ3n) is 3.22. The number of ether oxygens (including phenoxy) is 1. The summed E-state index contributed by atoms with van der Waals surface area (Å²) in [5, 5.41) is 3.26. The monoisotopic (exact) mass is 298 g/mol. The predicted molar refractivity (Wildman–Crippen MR) is 83.3 cm³/mol. The van der Waals surface area contributed by atoms with Gasteiger partial charge in [-0.05, 0) is 30.5 Å². The van der Waals surface area contributed by atoms with Crippen molar-refractivity contribution >= 4 is 23.2 Å². The van der Waals surface area contributed by atoms with Crippen molar-refractivity contribution < 1.29 is 9.53 Å². The Labute approximate surface area is 125 Å². The topological polar surface area (TPSA) is 64.3 Å². The Hall–Kier alpha value is -1.26. The Bertz CT molecular complexity index is 451. The van der Waals surface area contributed by atoms with Gasteiger partial charge in [0.2, 0.25) is 5.91 Å². The number of carbonyl (C=O) groups excluding carboxylic acids is 1. The van der Waals surface area contributed by atoms with Crippen LogP contribution in [0.2, 0.25) is 5.02 Å². The molecule has 0 aliphatic heterocycles. The van der Waals surface area contributed by atoms with Gasteiger partial charge >= 0.3 is 0 Å². The third kappa shape index (κ3) is 4.69. The molecule has 0 heterocycles. The summed E-state index contributed by atoms with van der Waals surface area (Å²) in [6.07, 6.45) is 1.78. The maximum Gasteiger partial charge on any atom is 0.241 e. The van der Waals surface area contributed by atoms with Gasteiger partial charge in [0.25, 0.3) is 0 Å². The minimum absolute atomic E-state index is 0.137. The standard InChI is InChI=1S/C15H23ClN2O2/c1-4-8-20-13-7-6-11(9-12(13)16)18-15(19)14(17)10(3)5-2/h6-7,9-10,14H,4-5,8,17H2,1-3H3,(H,18,19)/t10?,14-/m0/s1. The highest BCUT2D eigenvalue weighted by atomic mass is 35.5. The van der Waals surface area contributed by atoms with Crippen molar-refractivity contribution in [3.05, 3.63) is 23.2 Å². The summed E-state index contributed by atoms with van der Waals surface area (Å²) in [6, 6.07) is 4.67. The quantitative estimate of drug-likeness (QED) is 0.810. The van der Waals surface area contributed by atoms with Gasteiger partial charge in [0.05, 0.1) is 17.7 Å². The number of nitrogens with one attached hydrogen (secondary N) is 1. The maximum absolute atomic E-state index is 12.0. The van der Waals surface area contributed by atoms with Crippen LogP contribution in [0.4, 0.5) is 5.69 Å². The smallest absolute Gasteiger partial charge is 0.241 e. The van der Waals surface area contributed by atoms with Crippen LogP contribution in [0.25, 0.3) is 0 Å². The fourth-order valence-electron chi connectivity index (χ4n) is 1.65. The second kappa shape index (κ2) is 8.12. The summed E-state index contributed by atoms with van der Waals surface area (Å²) in [7, 11) is 0. The highest BCUT2D eigenvalue weighted by Crippen LogP contribution is 2.28. The number of amides is 1. The molecule has 4 nitrogen and oxygen atoms in total. The Kier molecular flexibility index (Phi) is 6.82. The molecule has 20 heavy (non-hydrogen) atoms. The molecule has 0 fully saturated rings. The van der Waals surface area contributed by atoms with Gasteiger partial charge in [-0.2, -0.15) is 0 Å². The van der Waals surface area contributed by atoms with Gasteiger partial charge in [0, 0.05) is 5.69 Å². The van der Waals surface area contributed by atoms with E-state index < -0.39 is 6.04 Å². The lowest BCUT2D eigenvalue weighted by molar-refractivity contribution is -0.118. The van der Waals surface area contributed by atoms with Gasteiger partial charge in [0.15, 0.2) is 0 Å². The number of rotatable bonds is 7. The summed E-state index contributed by atoms with van der Waals surface area (Å²) >= 11 is 6.11. The zero-order chi connectivity index (χ0) is 15.1. The molecular formula is C15H23ClN2O2. The molecule has 1 rings (SSSR count). The van der Waals surface area contributed by atoms with Crippen molar-refractivity contribution in [2.75, 3.05) is 11.9 Å². The van der Waals surface area contributed by atoms with Gasteiger partial charge in [-0.3, -0.25) is 4.79 Å². The molecule has 1 unspecified atom stereocenters. The molecular weight excluding hydrogens is 276 g/mol. The lowest BCUT2D eigenvalue weighted by atomic mass is 9.99. The molecule has 3 N–H and O–H groups in total. The largest absolute Gasteiger partial charge is 0.492 e. The first kappa shape index (κ1) is 16.8. The Morgan fingerprint density at radius 2 is 2.15 bits per heavy atom. The zero-order valence-corrected chi connectivity index (χ0v) is 13.0. The van der Waals surface area contributed by atoms with Crippen LogP contribution in [-0.2, 0) is 4.79 Å². The van der Waals surface area contributed by atoms with E-state index in [1.165, 1.54) is 0 Å². The summed E-state index contributed by atoms with van der Waals surface area (Å²) < 4.78 is 5.48. The first-order chi connectivity index (χ1) is 9.49. The van der Waals surface area contributed by atoms with Gasteiger partial charge in [-0.25, -0.2) is 0 Å². The van der Waals surface area contributed by atoms with Crippen molar-refractivity contribution in [3.8, 4) is 5.75 Å². The maximum atomic E-state index is 12.0. The number of nitrogens with two attached hydrogens (primary N) is 1. The van der Waals surface area contributed by atoms with Crippen LogP contribution in [0.3, 0.4) is 0 Å². The Morgan fingerprint density at radius 3 is 2.70 bits per heavy atom. The second-order valence-corrected chi connectivity index (χ2v) is 5.30. The van der Waals surface area contributed by atoms with E-state index in [0.29, 0.717) is 23.1 Å². The molecule has 0 aliphatic carbocycles. The van der Waals surface area contributed by atoms with E-state index in [1.54, 1.807) is 18.2 Å². The lowest BCUT2D eigenvalue weighted by Crippen LogP contribution is -2.40. The van der Waals surface area contributed by atoms with E-state index in [2.05, 4.69) is 5.32 Å². The van der Waals surface area contributed by atoms with Crippen LogP contribution in [-0.4, -0.2) is 18.6 Å². The van der Waals surface area contributed by atoms with E-state index in [-0.39, 0.29) is 11.8 Å². The molecule has 2 atom stereocenters. The molecule has 0 radical (unpaired) electrons. The van der Waals surface area contributed by atoms with Crippen molar-refractivity contribution in [3.63, 3.8) is 0 Å². The van der Waals surface area contributed by atoms with E-state index in [0.717, 1.165) is 12.8 Å². The molecule has 1 aromatic carbocycles. The highest BCUT2D eigenvalue weighted by molar-refractivity contribution is 6.32. The molecule has 5 heteroatoms. The number of anilines is 1. The number of halogens is 1. The van der Waals surface area contributed by atoms with Crippen molar-refractivity contribution in [2.24, 2.45) is 11.7 Å². The second-order valence-electron chi connectivity index (χ2n) is 4.89. The summed E-state index contributed by atoms with van der Waals surface area (Å²) in [5.74, 6) is 0.563. The minimum Gasteiger partial charge on any atom is -0.492 e. The van der Waals surface area contributed by atoms with Gasteiger partial charge in [0.1, 0.15) is 5.75 Å². The van der Waals surface area contributed by atoms with Crippen molar-refractivity contribution in [1.82, 2.24) is 0 Å². The lowest BCUT2D eigenvalue weighted by Gasteiger charge is -2.18. The Morgan fingerprint density at radius 1 is 1.45 bits per heavy atom. The van der Waals surface area contributed by atoms with E-state index in [1.807, 2.05) is 20.8 Å². The molecule has 0 aliphatic rings. The molecule has 0 saturated heterocycles. The molecule has 0 saturated carbocycles. The van der Waals surface area contributed by atoms with Gasteiger partial charge < -0.3 is 15.8 Å². The minimum atomic E-state index is -0.519. The van der Waals surface area contributed by atoms with E-state index >= 15 is 0 Å². The fourth-order valence-corrected chi connectivity index (χ4v) is 1.88. The number of carbonyl (C=O) groups is 1. The van der Waals surface area contributed by atoms with E-state index in [9.17, 15) is 4.79 Å². The SMILES string of the molecule is CCCOc1ccc(NC(=O)[C@@H](N)C(C)CC)cc1Cl. The van der Waals surface area contributed by atoms with Gasteiger partial charge in [-0.15, -0.1) is 0 Å².